The van der Waals surface area contributed by atoms with E-state index in [-0.39, 0.29) is 0 Å². The molecule has 0 radical (unpaired) electrons. The predicted octanol–water partition coefficient (Wildman–Crippen LogP) is 2.18. The molecule has 2 aliphatic rings. The molecular weight excluding hydrogens is 234 g/mol. The van der Waals surface area contributed by atoms with Crippen LogP contribution >= 0.6 is 0 Å². The number of nitrogens with one attached hydrogen (secondary N) is 1. The van der Waals surface area contributed by atoms with Crippen molar-refractivity contribution in [3.63, 3.8) is 0 Å². The maximum absolute atomic E-state index is 3.55. The smallest absolute Gasteiger partial charge is 0.0223 e. The minimum atomic E-state index is 0.434. The average Bonchev–Trinajstić information content (AvgIpc) is 2.76. The summed E-state index contributed by atoms with van der Waals surface area (Å²) < 4.78 is 0. The van der Waals surface area contributed by atoms with Gasteiger partial charge >= 0.3 is 0 Å². The number of hydrogen-bond donors (Lipinski definition) is 1. The van der Waals surface area contributed by atoms with Crippen molar-refractivity contribution in [2.75, 3.05) is 45.8 Å². The van der Waals surface area contributed by atoms with E-state index in [1.165, 1.54) is 58.4 Å². The third-order valence-corrected chi connectivity index (χ3v) is 5.15. The summed E-state index contributed by atoms with van der Waals surface area (Å²) in [5.74, 6) is 0. The summed E-state index contributed by atoms with van der Waals surface area (Å²) in [7, 11) is 0. The van der Waals surface area contributed by atoms with Gasteiger partial charge in [0.2, 0.25) is 0 Å². The molecule has 0 amide bonds. The monoisotopic (exact) mass is 267 g/mol. The highest BCUT2D eigenvalue weighted by atomic mass is 15.3. The summed E-state index contributed by atoms with van der Waals surface area (Å²) in [5, 5.41) is 3.55. The van der Waals surface area contributed by atoms with Crippen LogP contribution in [0, 0.1) is 5.41 Å². The van der Waals surface area contributed by atoms with Crippen LogP contribution in [0.3, 0.4) is 0 Å². The van der Waals surface area contributed by atoms with Gasteiger partial charge in [-0.3, -0.25) is 4.90 Å². The molecule has 2 fully saturated rings. The summed E-state index contributed by atoms with van der Waals surface area (Å²) in [5.41, 5.74) is 0.434. The van der Waals surface area contributed by atoms with E-state index in [0.29, 0.717) is 5.41 Å². The Morgan fingerprint density at radius 2 is 1.95 bits per heavy atom. The zero-order chi connectivity index (χ0) is 13.7. The van der Waals surface area contributed by atoms with E-state index in [2.05, 4.69) is 35.9 Å². The Kier molecular flexibility index (Phi) is 5.67. The van der Waals surface area contributed by atoms with Crippen molar-refractivity contribution in [3.05, 3.63) is 0 Å². The Bertz CT molecular complexity index is 269. The van der Waals surface area contributed by atoms with Crippen LogP contribution in [0.25, 0.3) is 0 Å². The lowest BCUT2D eigenvalue weighted by atomic mass is 9.86. The highest BCUT2D eigenvalue weighted by Gasteiger charge is 2.31. The molecule has 0 aliphatic carbocycles. The van der Waals surface area contributed by atoms with Gasteiger partial charge in [0, 0.05) is 25.7 Å². The third kappa shape index (κ3) is 4.17. The predicted molar refractivity (Wildman–Crippen MR) is 82.6 cm³/mol. The van der Waals surface area contributed by atoms with Gasteiger partial charge in [-0.1, -0.05) is 20.8 Å². The maximum Gasteiger partial charge on any atom is 0.0223 e. The molecular formula is C16H33N3. The molecule has 19 heavy (non-hydrogen) atoms. The molecule has 2 atom stereocenters. The summed E-state index contributed by atoms with van der Waals surface area (Å²) in [4.78, 5) is 5.48. The lowest BCUT2D eigenvalue weighted by molar-refractivity contribution is 0.144. The Hall–Kier alpha value is -0.120. The second-order valence-electron chi connectivity index (χ2n) is 6.87. The molecule has 2 unspecified atom stereocenters. The third-order valence-electron chi connectivity index (χ3n) is 5.15. The molecule has 0 spiro atoms. The van der Waals surface area contributed by atoms with Gasteiger partial charge in [0.15, 0.2) is 0 Å². The Labute approximate surface area is 119 Å². The lowest BCUT2D eigenvalue weighted by Gasteiger charge is -2.36. The van der Waals surface area contributed by atoms with Crippen molar-refractivity contribution >= 4 is 0 Å². The fourth-order valence-corrected chi connectivity index (χ4v) is 3.69. The minimum absolute atomic E-state index is 0.434. The zero-order valence-electron chi connectivity index (χ0n) is 13.2. The van der Waals surface area contributed by atoms with Crippen LogP contribution in [0.1, 0.15) is 46.5 Å². The van der Waals surface area contributed by atoms with Crippen LogP contribution in [0.15, 0.2) is 0 Å². The van der Waals surface area contributed by atoms with Crippen LogP contribution < -0.4 is 5.32 Å². The first-order valence-corrected chi connectivity index (χ1v) is 8.34. The van der Waals surface area contributed by atoms with Gasteiger partial charge in [-0.05, 0) is 57.3 Å². The van der Waals surface area contributed by atoms with Crippen molar-refractivity contribution in [2.45, 2.75) is 52.5 Å². The van der Waals surface area contributed by atoms with Gasteiger partial charge in [-0.25, -0.2) is 0 Å². The molecule has 0 saturated carbocycles. The molecule has 2 saturated heterocycles. The number of rotatable bonds is 6. The lowest BCUT2D eigenvalue weighted by Crippen LogP contribution is -2.45. The Balaban J connectivity index is 1.89. The summed E-state index contributed by atoms with van der Waals surface area (Å²) in [6.45, 7) is 15.8. The Morgan fingerprint density at radius 1 is 1.16 bits per heavy atom. The van der Waals surface area contributed by atoms with E-state index in [4.69, 9.17) is 0 Å². The van der Waals surface area contributed by atoms with Crippen molar-refractivity contribution in [1.29, 1.82) is 0 Å². The molecule has 0 aromatic rings. The molecule has 2 heterocycles. The highest BCUT2D eigenvalue weighted by molar-refractivity contribution is 4.88. The van der Waals surface area contributed by atoms with Gasteiger partial charge in [0.05, 0.1) is 0 Å². The normalized spacial score (nSPS) is 28.9. The van der Waals surface area contributed by atoms with Gasteiger partial charge in [0.1, 0.15) is 0 Å². The summed E-state index contributed by atoms with van der Waals surface area (Å²) >= 11 is 0. The molecule has 2 aliphatic heterocycles. The number of nitrogens with zero attached hydrogens (tertiary/aromatic N) is 2. The molecule has 1 N–H and O–H groups in total. The minimum Gasteiger partial charge on any atom is -0.316 e. The molecule has 0 bridgehead atoms. The van der Waals surface area contributed by atoms with Crippen LogP contribution in [-0.2, 0) is 0 Å². The fraction of sp³-hybridized carbons (Fsp3) is 1.00. The highest BCUT2D eigenvalue weighted by Crippen LogP contribution is 2.26. The van der Waals surface area contributed by atoms with Crippen LogP contribution in [0.4, 0.5) is 0 Å². The van der Waals surface area contributed by atoms with Crippen molar-refractivity contribution in [1.82, 2.24) is 15.1 Å². The van der Waals surface area contributed by atoms with Crippen LogP contribution in [0.2, 0.25) is 0 Å². The largest absolute Gasteiger partial charge is 0.316 e. The van der Waals surface area contributed by atoms with Crippen LogP contribution in [-0.4, -0.2) is 61.7 Å². The standard InChI is InChI=1S/C16H33N3/c1-4-16(3,13-17-5-2)14-18-9-7-11-19-10-6-8-15(19)12-18/h15,17H,4-14H2,1-3H3. The fourth-order valence-electron chi connectivity index (χ4n) is 3.69. The first-order valence-electron chi connectivity index (χ1n) is 8.34. The summed E-state index contributed by atoms with van der Waals surface area (Å²) in [6.07, 6.45) is 5.47. The molecule has 0 aromatic heterocycles. The van der Waals surface area contributed by atoms with Crippen molar-refractivity contribution in [3.8, 4) is 0 Å². The second-order valence-corrected chi connectivity index (χ2v) is 6.87. The SMILES string of the molecule is CCNCC(C)(CC)CN1CCCN2CCCC2C1. The van der Waals surface area contributed by atoms with E-state index in [0.717, 1.165) is 19.1 Å². The van der Waals surface area contributed by atoms with Gasteiger partial charge < -0.3 is 10.2 Å². The molecule has 0 aromatic carbocycles. The van der Waals surface area contributed by atoms with E-state index in [1.807, 2.05) is 0 Å². The first-order chi connectivity index (χ1) is 9.17. The number of fused-ring (bicyclic) bond motifs is 1. The van der Waals surface area contributed by atoms with Gasteiger partial charge in [-0.15, -0.1) is 0 Å². The molecule has 3 nitrogen and oxygen atoms in total. The van der Waals surface area contributed by atoms with Gasteiger partial charge in [-0.2, -0.15) is 0 Å². The molecule has 2 rings (SSSR count). The average molecular weight is 267 g/mol. The first kappa shape index (κ1) is 15.3. The zero-order valence-corrected chi connectivity index (χ0v) is 13.2. The van der Waals surface area contributed by atoms with Crippen molar-refractivity contribution in [2.24, 2.45) is 5.41 Å². The number of hydrogen-bond acceptors (Lipinski definition) is 3. The molecule has 112 valence electrons. The van der Waals surface area contributed by atoms with Gasteiger partial charge in [0.25, 0.3) is 0 Å². The van der Waals surface area contributed by atoms with Crippen molar-refractivity contribution < 1.29 is 0 Å². The summed E-state index contributed by atoms with van der Waals surface area (Å²) in [6, 6.07) is 0.850. The Morgan fingerprint density at radius 3 is 2.68 bits per heavy atom. The second kappa shape index (κ2) is 7.05. The molecule has 3 heteroatoms. The maximum atomic E-state index is 3.55. The quantitative estimate of drug-likeness (QED) is 0.796. The van der Waals surface area contributed by atoms with E-state index in [9.17, 15) is 0 Å². The van der Waals surface area contributed by atoms with E-state index < -0.39 is 0 Å². The van der Waals surface area contributed by atoms with E-state index in [1.54, 1.807) is 0 Å². The van der Waals surface area contributed by atoms with E-state index >= 15 is 0 Å². The topological polar surface area (TPSA) is 18.5 Å². The van der Waals surface area contributed by atoms with Crippen LogP contribution in [0.5, 0.6) is 0 Å².